The van der Waals surface area contributed by atoms with Gasteiger partial charge in [0.25, 0.3) is 10.0 Å². The quantitative estimate of drug-likeness (QED) is 0.417. The fraction of sp³-hybridized carbons (Fsp3) is 0.259. The van der Waals surface area contributed by atoms with E-state index in [0.717, 1.165) is 9.87 Å². The molecule has 0 bridgehead atoms. The third kappa shape index (κ3) is 6.81. The third-order valence-electron chi connectivity index (χ3n) is 5.90. The molecule has 1 N–H and O–H groups in total. The van der Waals surface area contributed by atoms with Crippen LogP contribution in [0.25, 0.3) is 0 Å². The average Bonchev–Trinajstić information content (AvgIpc) is 2.89. The molecule has 8 nitrogen and oxygen atoms in total. The van der Waals surface area contributed by atoms with Crippen molar-refractivity contribution in [2.75, 3.05) is 25.0 Å². The predicted molar refractivity (Wildman–Crippen MR) is 144 cm³/mol. The first-order chi connectivity index (χ1) is 17.6. The smallest absolute Gasteiger partial charge is 0.264 e. The Bertz CT molecular complexity index is 1350. The molecule has 10 heteroatoms. The van der Waals surface area contributed by atoms with Crippen LogP contribution in [0, 0.1) is 6.92 Å². The minimum Gasteiger partial charge on any atom is -0.497 e. The molecule has 2 amide bonds. The minimum atomic E-state index is -4.13. The highest BCUT2D eigenvalue weighted by Gasteiger charge is 2.32. The van der Waals surface area contributed by atoms with Crippen molar-refractivity contribution in [2.24, 2.45) is 0 Å². The van der Waals surface area contributed by atoms with Gasteiger partial charge in [0.1, 0.15) is 18.3 Å². The molecular formula is C27H30ClN3O5S. The molecule has 3 rings (SSSR count). The summed E-state index contributed by atoms with van der Waals surface area (Å²) in [4.78, 5) is 27.6. The highest BCUT2D eigenvalue weighted by Crippen LogP contribution is 2.27. The standard InChI is InChI=1S/C27H30ClN3O5S/c1-19-8-14-25(15-9-19)37(34,35)31(23-10-12-24(36-4)13-11-23)18-26(32)30(20(2)27(33)29-3)17-21-6-5-7-22(28)16-21/h5-16,20H,17-18H2,1-4H3,(H,29,33). The van der Waals surface area contributed by atoms with Gasteiger partial charge >= 0.3 is 0 Å². The Balaban J connectivity index is 2.03. The second-order valence-electron chi connectivity index (χ2n) is 8.46. The number of carbonyl (C=O) groups is 2. The molecule has 3 aromatic carbocycles. The predicted octanol–water partition coefficient (Wildman–Crippen LogP) is 4.02. The molecule has 0 saturated heterocycles. The second kappa shape index (κ2) is 12.1. The molecule has 0 aromatic heterocycles. The number of hydrogen-bond donors (Lipinski definition) is 1. The Morgan fingerprint density at radius 3 is 2.24 bits per heavy atom. The van der Waals surface area contributed by atoms with E-state index in [9.17, 15) is 18.0 Å². The summed E-state index contributed by atoms with van der Waals surface area (Å²) >= 11 is 6.12. The van der Waals surface area contributed by atoms with Gasteiger partial charge in [-0.25, -0.2) is 8.42 Å². The zero-order chi connectivity index (χ0) is 27.2. The number of likely N-dealkylation sites (N-methyl/N-ethyl adjacent to an activating group) is 1. The van der Waals surface area contributed by atoms with Crippen LogP contribution in [0.15, 0.2) is 77.7 Å². The van der Waals surface area contributed by atoms with Crippen LogP contribution in [0.5, 0.6) is 5.75 Å². The highest BCUT2D eigenvalue weighted by atomic mass is 35.5. The van der Waals surface area contributed by atoms with Gasteiger partial charge < -0.3 is 15.0 Å². The maximum absolute atomic E-state index is 13.7. The van der Waals surface area contributed by atoms with Crippen LogP contribution in [0.2, 0.25) is 5.02 Å². The molecule has 1 atom stereocenters. The third-order valence-corrected chi connectivity index (χ3v) is 7.93. The van der Waals surface area contributed by atoms with Gasteiger partial charge in [0, 0.05) is 18.6 Å². The Morgan fingerprint density at radius 1 is 1.03 bits per heavy atom. The maximum atomic E-state index is 13.7. The van der Waals surface area contributed by atoms with Crippen molar-refractivity contribution < 1.29 is 22.7 Å². The van der Waals surface area contributed by atoms with Crippen LogP contribution in [0.3, 0.4) is 0 Å². The number of nitrogens with one attached hydrogen (secondary N) is 1. The highest BCUT2D eigenvalue weighted by molar-refractivity contribution is 7.92. The number of benzene rings is 3. The first-order valence-corrected chi connectivity index (χ1v) is 13.4. The number of nitrogens with zero attached hydrogens (tertiary/aromatic N) is 2. The van der Waals surface area contributed by atoms with Crippen LogP contribution in [-0.2, 0) is 26.2 Å². The van der Waals surface area contributed by atoms with Gasteiger partial charge in [-0.2, -0.15) is 0 Å². The van der Waals surface area contributed by atoms with E-state index in [1.165, 1.54) is 31.2 Å². The number of anilines is 1. The SMILES string of the molecule is CNC(=O)C(C)N(Cc1cccc(Cl)c1)C(=O)CN(c1ccc(OC)cc1)S(=O)(=O)c1ccc(C)cc1. The molecule has 0 saturated carbocycles. The zero-order valence-corrected chi connectivity index (χ0v) is 22.7. The Labute approximate surface area is 222 Å². The lowest BCUT2D eigenvalue weighted by molar-refractivity contribution is -0.139. The van der Waals surface area contributed by atoms with Crippen molar-refractivity contribution in [1.82, 2.24) is 10.2 Å². The Hall–Kier alpha value is -3.56. The van der Waals surface area contributed by atoms with Crippen molar-refractivity contribution in [1.29, 1.82) is 0 Å². The summed E-state index contributed by atoms with van der Waals surface area (Å²) in [7, 11) is -1.14. The van der Waals surface area contributed by atoms with Crippen LogP contribution in [0.4, 0.5) is 5.69 Å². The van der Waals surface area contributed by atoms with E-state index < -0.39 is 28.5 Å². The molecule has 0 aliphatic rings. The second-order valence-corrected chi connectivity index (χ2v) is 10.8. The fourth-order valence-electron chi connectivity index (χ4n) is 3.74. The Kier molecular flexibility index (Phi) is 9.18. The molecule has 1 unspecified atom stereocenters. The zero-order valence-electron chi connectivity index (χ0n) is 21.1. The average molecular weight is 544 g/mol. The van der Waals surface area contributed by atoms with Crippen molar-refractivity contribution in [2.45, 2.75) is 31.3 Å². The summed E-state index contributed by atoms with van der Waals surface area (Å²) in [6.45, 7) is 2.99. The van der Waals surface area contributed by atoms with Crippen molar-refractivity contribution >= 4 is 39.1 Å². The lowest BCUT2D eigenvalue weighted by Gasteiger charge is -2.31. The molecule has 0 aliphatic heterocycles. The summed E-state index contributed by atoms with van der Waals surface area (Å²) in [5.41, 5.74) is 1.89. The van der Waals surface area contributed by atoms with E-state index in [4.69, 9.17) is 16.3 Å². The number of halogens is 1. The summed E-state index contributed by atoms with van der Waals surface area (Å²) in [6, 6.07) is 18.8. The maximum Gasteiger partial charge on any atom is 0.264 e. The van der Waals surface area contributed by atoms with Crippen molar-refractivity contribution in [3.63, 3.8) is 0 Å². The molecule has 196 valence electrons. The van der Waals surface area contributed by atoms with Crippen molar-refractivity contribution in [3.05, 3.63) is 88.9 Å². The minimum absolute atomic E-state index is 0.0439. The van der Waals surface area contributed by atoms with E-state index in [2.05, 4.69) is 5.32 Å². The number of carbonyl (C=O) groups excluding carboxylic acids is 2. The van der Waals surface area contributed by atoms with E-state index in [-0.39, 0.29) is 23.0 Å². The van der Waals surface area contributed by atoms with Crippen LogP contribution in [0.1, 0.15) is 18.1 Å². The van der Waals surface area contributed by atoms with Crippen LogP contribution >= 0.6 is 11.6 Å². The van der Waals surface area contributed by atoms with Crippen LogP contribution in [-0.4, -0.2) is 51.9 Å². The van der Waals surface area contributed by atoms with E-state index >= 15 is 0 Å². The number of hydrogen-bond acceptors (Lipinski definition) is 5. The number of methoxy groups -OCH3 is 1. The van der Waals surface area contributed by atoms with Gasteiger partial charge in [-0.3, -0.25) is 13.9 Å². The van der Waals surface area contributed by atoms with E-state index in [1.807, 2.05) is 6.92 Å². The lowest BCUT2D eigenvalue weighted by Crippen LogP contribution is -2.50. The van der Waals surface area contributed by atoms with Gasteiger partial charge in [0.2, 0.25) is 11.8 Å². The molecular weight excluding hydrogens is 514 g/mol. The van der Waals surface area contributed by atoms with Gasteiger partial charge in [-0.1, -0.05) is 41.4 Å². The molecule has 0 radical (unpaired) electrons. The van der Waals surface area contributed by atoms with E-state index in [1.54, 1.807) is 67.6 Å². The molecule has 0 spiro atoms. The summed E-state index contributed by atoms with van der Waals surface area (Å²) in [6.07, 6.45) is 0. The molecule has 0 fully saturated rings. The molecule has 37 heavy (non-hydrogen) atoms. The number of aryl methyl sites for hydroxylation is 1. The van der Waals surface area contributed by atoms with Gasteiger partial charge in [-0.05, 0) is 67.9 Å². The first-order valence-electron chi connectivity index (χ1n) is 11.6. The summed E-state index contributed by atoms with van der Waals surface area (Å²) in [5, 5.41) is 3.04. The Morgan fingerprint density at radius 2 is 1.68 bits per heavy atom. The normalized spacial score (nSPS) is 11.9. The van der Waals surface area contributed by atoms with Crippen molar-refractivity contribution in [3.8, 4) is 5.75 Å². The molecule has 3 aromatic rings. The van der Waals surface area contributed by atoms with Gasteiger partial charge in [0.05, 0.1) is 17.7 Å². The summed E-state index contributed by atoms with van der Waals surface area (Å²) < 4.78 is 33.7. The lowest BCUT2D eigenvalue weighted by atomic mass is 10.1. The van der Waals surface area contributed by atoms with E-state index in [0.29, 0.717) is 16.3 Å². The van der Waals surface area contributed by atoms with Gasteiger partial charge in [-0.15, -0.1) is 0 Å². The number of sulfonamides is 1. The largest absolute Gasteiger partial charge is 0.497 e. The monoisotopic (exact) mass is 543 g/mol. The first kappa shape index (κ1) is 28.0. The van der Waals surface area contributed by atoms with Gasteiger partial charge in [0.15, 0.2) is 0 Å². The summed E-state index contributed by atoms with van der Waals surface area (Å²) in [5.74, 6) is -0.395. The van der Waals surface area contributed by atoms with Crippen LogP contribution < -0.4 is 14.4 Å². The topological polar surface area (TPSA) is 96.0 Å². The number of rotatable bonds is 10. The molecule has 0 heterocycles. The number of amides is 2. The number of ether oxygens (including phenoxy) is 1. The molecule has 0 aliphatic carbocycles. The fourth-order valence-corrected chi connectivity index (χ4v) is 5.37.